The van der Waals surface area contributed by atoms with Gasteiger partial charge in [0, 0.05) is 24.5 Å². The van der Waals surface area contributed by atoms with Crippen LogP contribution in [-0.2, 0) is 17.5 Å². The molecule has 2 aromatic carbocycles. The monoisotopic (exact) mass is 548 g/mol. The van der Waals surface area contributed by atoms with Gasteiger partial charge in [0.25, 0.3) is 5.56 Å². The van der Waals surface area contributed by atoms with Gasteiger partial charge in [-0.25, -0.2) is 4.98 Å². The second kappa shape index (κ2) is 10.9. The van der Waals surface area contributed by atoms with Crippen molar-refractivity contribution in [3.05, 3.63) is 62.7 Å². The summed E-state index contributed by atoms with van der Waals surface area (Å²) in [4.78, 5) is 30.4. The summed E-state index contributed by atoms with van der Waals surface area (Å²) in [6.07, 6.45) is -3.12. The Labute approximate surface area is 220 Å². The minimum absolute atomic E-state index is 0.0422. The van der Waals surface area contributed by atoms with Crippen LogP contribution in [0.5, 0.6) is 5.75 Å². The Morgan fingerprint density at radius 2 is 1.97 bits per heavy atom. The highest BCUT2D eigenvalue weighted by Gasteiger charge is 2.32. The van der Waals surface area contributed by atoms with Gasteiger partial charge in [0.2, 0.25) is 0 Å². The number of carboxylic acids is 1. The van der Waals surface area contributed by atoms with Crippen LogP contribution in [-0.4, -0.2) is 40.3 Å². The van der Waals surface area contributed by atoms with Gasteiger partial charge in [-0.05, 0) is 56.0 Å². The number of halogens is 4. The molecule has 200 valence electrons. The van der Waals surface area contributed by atoms with Gasteiger partial charge in [0.15, 0.2) is 0 Å². The third kappa shape index (κ3) is 5.86. The molecule has 8 nitrogen and oxygen atoms in total. The Kier molecular flexibility index (Phi) is 7.83. The minimum atomic E-state index is -4.68. The van der Waals surface area contributed by atoms with Gasteiger partial charge in [-0.15, -0.1) is 0 Å². The number of alkyl halides is 3. The number of hydrogen-bond acceptors (Lipinski definition) is 6. The molecule has 1 fully saturated rings. The van der Waals surface area contributed by atoms with Crippen LogP contribution in [0.15, 0.2) is 35.1 Å². The van der Waals surface area contributed by atoms with Gasteiger partial charge in [-0.3, -0.25) is 14.2 Å². The van der Waals surface area contributed by atoms with Crippen LogP contribution < -0.4 is 15.2 Å². The van der Waals surface area contributed by atoms with Crippen LogP contribution in [0.3, 0.4) is 0 Å². The predicted octanol–water partition coefficient (Wildman–Crippen LogP) is 5.02. The van der Waals surface area contributed by atoms with Crippen molar-refractivity contribution in [2.24, 2.45) is 5.92 Å². The van der Waals surface area contributed by atoms with Crippen molar-refractivity contribution >= 4 is 34.2 Å². The third-order valence-corrected chi connectivity index (χ3v) is 6.84. The summed E-state index contributed by atoms with van der Waals surface area (Å²) in [6.45, 7) is 2.86. The van der Waals surface area contributed by atoms with E-state index < -0.39 is 28.8 Å². The number of anilines is 1. The standard InChI is InChI=1S/C26H24ClF3N4O4/c1-15-32-20-12-18(26(28,29)30)11-17(14-31)24(20)25(37)34(15)8-9-38-22-3-2-19(27)13-21(22)33-6-4-16(5-7-33)10-23(35)36/h2-3,11-13,16H,4-10H2,1H3,(H,35,36). The highest BCUT2D eigenvalue weighted by atomic mass is 35.5. The van der Waals surface area contributed by atoms with Crippen LogP contribution in [0.4, 0.5) is 18.9 Å². The van der Waals surface area contributed by atoms with E-state index in [0.29, 0.717) is 42.8 Å². The fraction of sp³-hybridized carbons (Fsp3) is 0.385. The van der Waals surface area contributed by atoms with Crippen LogP contribution in [0.1, 0.15) is 36.2 Å². The summed E-state index contributed by atoms with van der Waals surface area (Å²) < 4.78 is 46.9. The molecule has 1 aliphatic heterocycles. The number of aromatic nitrogens is 2. The van der Waals surface area contributed by atoms with Crippen molar-refractivity contribution in [2.75, 3.05) is 24.6 Å². The Balaban J connectivity index is 1.54. The summed E-state index contributed by atoms with van der Waals surface area (Å²) >= 11 is 6.22. The molecule has 0 saturated carbocycles. The van der Waals surface area contributed by atoms with Gasteiger partial charge < -0.3 is 14.7 Å². The molecule has 38 heavy (non-hydrogen) atoms. The zero-order valence-electron chi connectivity index (χ0n) is 20.4. The van der Waals surface area contributed by atoms with Crippen LogP contribution >= 0.6 is 11.6 Å². The number of carbonyl (C=O) groups is 1. The maximum atomic E-state index is 13.2. The Hall–Kier alpha value is -3.78. The number of rotatable bonds is 7. The van der Waals surface area contributed by atoms with Crippen molar-refractivity contribution in [2.45, 2.75) is 38.9 Å². The molecule has 1 aromatic heterocycles. The quantitative estimate of drug-likeness (QED) is 0.441. The molecule has 0 atom stereocenters. The molecule has 0 unspecified atom stereocenters. The SMILES string of the molecule is Cc1nc2cc(C(F)(F)F)cc(C#N)c2c(=O)n1CCOc1ccc(Cl)cc1N1CCC(CC(=O)O)CC1. The first-order valence-electron chi connectivity index (χ1n) is 11.9. The van der Waals surface area contributed by atoms with Gasteiger partial charge in [0.05, 0.1) is 34.3 Å². The minimum Gasteiger partial charge on any atom is -0.490 e. The van der Waals surface area contributed by atoms with Gasteiger partial charge in [0.1, 0.15) is 24.3 Å². The van der Waals surface area contributed by atoms with Crippen LogP contribution in [0.25, 0.3) is 10.9 Å². The number of hydrogen-bond donors (Lipinski definition) is 1. The van der Waals surface area contributed by atoms with Gasteiger partial charge >= 0.3 is 12.1 Å². The molecule has 1 saturated heterocycles. The molecule has 0 spiro atoms. The highest BCUT2D eigenvalue weighted by molar-refractivity contribution is 6.30. The fourth-order valence-electron chi connectivity index (χ4n) is 4.70. The van der Waals surface area contributed by atoms with Gasteiger partial charge in [-0.1, -0.05) is 11.6 Å². The zero-order chi connectivity index (χ0) is 27.6. The first kappa shape index (κ1) is 27.3. The molecule has 3 aromatic rings. The fourth-order valence-corrected chi connectivity index (χ4v) is 4.87. The van der Waals surface area contributed by atoms with Crippen LogP contribution in [0, 0.1) is 24.2 Å². The van der Waals surface area contributed by atoms with Crippen molar-refractivity contribution in [1.82, 2.24) is 9.55 Å². The molecule has 0 aliphatic carbocycles. The lowest BCUT2D eigenvalue weighted by molar-refractivity contribution is -0.138. The molecule has 1 aliphatic rings. The van der Waals surface area contributed by atoms with E-state index in [1.807, 2.05) is 0 Å². The second-order valence-corrected chi connectivity index (χ2v) is 9.57. The number of nitriles is 1. The van der Waals surface area contributed by atoms with Crippen molar-refractivity contribution in [1.29, 1.82) is 5.26 Å². The normalized spacial score (nSPS) is 14.5. The lowest BCUT2D eigenvalue weighted by Gasteiger charge is -2.34. The predicted molar refractivity (Wildman–Crippen MR) is 135 cm³/mol. The number of fused-ring (bicyclic) bond motifs is 1. The van der Waals surface area contributed by atoms with E-state index in [2.05, 4.69) is 9.88 Å². The maximum Gasteiger partial charge on any atom is 0.416 e. The molecule has 1 N–H and O–H groups in total. The lowest BCUT2D eigenvalue weighted by atomic mass is 9.93. The molecule has 0 bridgehead atoms. The van der Waals surface area contributed by atoms with E-state index in [-0.39, 0.29) is 42.2 Å². The first-order chi connectivity index (χ1) is 18.0. The van der Waals surface area contributed by atoms with Gasteiger partial charge in [-0.2, -0.15) is 18.4 Å². The van der Waals surface area contributed by atoms with Crippen molar-refractivity contribution in [3.8, 4) is 11.8 Å². The second-order valence-electron chi connectivity index (χ2n) is 9.13. The summed E-state index contributed by atoms with van der Waals surface area (Å²) in [5.74, 6) is 0.00362. The number of aliphatic carboxylic acids is 1. The Morgan fingerprint density at radius 3 is 2.61 bits per heavy atom. The van der Waals surface area contributed by atoms with E-state index >= 15 is 0 Å². The largest absolute Gasteiger partial charge is 0.490 e. The van der Waals surface area contributed by atoms with E-state index in [9.17, 15) is 28.0 Å². The topological polar surface area (TPSA) is 108 Å². The van der Waals surface area contributed by atoms with Crippen molar-refractivity contribution < 1.29 is 27.8 Å². The van der Waals surface area contributed by atoms with Crippen LogP contribution in [0.2, 0.25) is 5.02 Å². The zero-order valence-corrected chi connectivity index (χ0v) is 21.1. The molecule has 12 heteroatoms. The number of nitrogens with zero attached hydrogens (tertiary/aromatic N) is 4. The molecule has 4 rings (SSSR count). The molecular weight excluding hydrogens is 525 g/mol. The smallest absolute Gasteiger partial charge is 0.416 e. The third-order valence-electron chi connectivity index (χ3n) is 6.61. The average molecular weight is 549 g/mol. The highest BCUT2D eigenvalue weighted by Crippen LogP contribution is 2.35. The molecular formula is C26H24ClF3N4O4. The van der Waals surface area contributed by atoms with E-state index in [0.717, 1.165) is 11.8 Å². The number of benzene rings is 2. The summed E-state index contributed by atoms with van der Waals surface area (Å²) in [6, 6.07) is 8.25. The van der Waals surface area contributed by atoms with Crippen molar-refractivity contribution in [3.63, 3.8) is 0 Å². The summed E-state index contributed by atoms with van der Waals surface area (Å²) in [7, 11) is 0. The average Bonchev–Trinajstić information content (AvgIpc) is 2.85. The Morgan fingerprint density at radius 1 is 1.26 bits per heavy atom. The summed E-state index contributed by atoms with van der Waals surface area (Å²) in [5, 5.41) is 18.8. The number of ether oxygens (including phenoxy) is 1. The summed E-state index contributed by atoms with van der Waals surface area (Å²) in [5.41, 5.74) is -1.51. The van der Waals surface area contributed by atoms with E-state index in [4.69, 9.17) is 21.4 Å². The molecule has 2 heterocycles. The maximum absolute atomic E-state index is 13.2. The molecule has 0 radical (unpaired) electrons. The van der Waals surface area contributed by atoms with E-state index in [1.165, 1.54) is 11.5 Å². The number of aryl methyl sites for hydroxylation is 1. The van der Waals surface area contributed by atoms with E-state index in [1.54, 1.807) is 24.3 Å². The number of carboxylic acid groups (broad SMARTS) is 1. The molecule has 0 amide bonds. The Bertz CT molecular complexity index is 1470. The lowest BCUT2D eigenvalue weighted by Crippen LogP contribution is -2.34. The number of piperidine rings is 1. The first-order valence-corrected chi connectivity index (χ1v) is 12.3.